The second kappa shape index (κ2) is 6.92. The Labute approximate surface area is 110 Å². The topological polar surface area (TPSA) is 29.1 Å². The van der Waals surface area contributed by atoms with Crippen LogP contribution < -0.4 is 5.32 Å². The molecule has 1 amide bonds. The van der Waals surface area contributed by atoms with E-state index in [1.807, 2.05) is 31.2 Å². The third kappa shape index (κ3) is 5.52. The van der Waals surface area contributed by atoms with Gasteiger partial charge in [0, 0.05) is 16.4 Å². The number of alkyl halides is 1. The Hall–Kier alpha value is -0.540. The van der Waals surface area contributed by atoms with Gasteiger partial charge in [0.1, 0.15) is 0 Å². The first-order chi connectivity index (χ1) is 7.58. The molecule has 1 atom stereocenters. The molecule has 2 nitrogen and oxygen atoms in total. The van der Waals surface area contributed by atoms with E-state index in [4.69, 9.17) is 11.6 Å². The molecule has 0 heterocycles. The molecule has 0 aliphatic heterocycles. The van der Waals surface area contributed by atoms with Gasteiger partial charge in [0.05, 0.1) is 6.42 Å². The maximum atomic E-state index is 11.5. The van der Waals surface area contributed by atoms with Crippen LogP contribution in [0.15, 0.2) is 28.7 Å². The Morgan fingerprint density at radius 3 is 2.62 bits per heavy atom. The first kappa shape index (κ1) is 13.5. The molecule has 1 unspecified atom stereocenters. The maximum Gasteiger partial charge on any atom is 0.224 e. The lowest BCUT2D eigenvalue weighted by molar-refractivity contribution is -0.120. The van der Waals surface area contributed by atoms with Gasteiger partial charge in [0.15, 0.2) is 0 Å². The zero-order valence-corrected chi connectivity index (χ0v) is 11.5. The van der Waals surface area contributed by atoms with Crippen LogP contribution in [-0.2, 0) is 11.2 Å². The van der Waals surface area contributed by atoms with E-state index in [2.05, 4.69) is 21.2 Å². The molecule has 4 heteroatoms. The van der Waals surface area contributed by atoms with E-state index in [0.717, 1.165) is 16.5 Å². The van der Waals surface area contributed by atoms with Crippen LogP contribution in [0, 0.1) is 0 Å². The summed E-state index contributed by atoms with van der Waals surface area (Å²) >= 11 is 9.14. The van der Waals surface area contributed by atoms with Crippen LogP contribution in [0.1, 0.15) is 18.9 Å². The van der Waals surface area contributed by atoms with Crippen LogP contribution in [0.3, 0.4) is 0 Å². The van der Waals surface area contributed by atoms with Crippen molar-refractivity contribution in [1.29, 1.82) is 0 Å². The summed E-state index contributed by atoms with van der Waals surface area (Å²) < 4.78 is 1.02. The SMILES string of the molecule is CC(Cl)CCNC(=O)Cc1ccc(Br)cc1. The number of carbonyl (C=O) groups is 1. The molecule has 88 valence electrons. The standard InChI is InChI=1S/C12H15BrClNO/c1-9(14)6-7-15-12(16)8-10-2-4-11(13)5-3-10/h2-5,9H,6-8H2,1H3,(H,15,16). The second-order valence-electron chi connectivity index (χ2n) is 3.72. The van der Waals surface area contributed by atoms with E-state index in [-0.39, 0.29) is 11.3 Å². The number of hydrogen-bond acceptors (Lipinski definition) is 1. The molecular weight excluding hydrogens is 289 g/mol. The van der Waals surface area contributed by atoms with E-state index in [1.165, 1.54) is 0 Å². The van der Waals surface area contributed by atoms with Crippen molar-refractivity contribution in [2.75, 3.05) is 6.54 Å². The summed E-state index contributed by atoms with van der Waals surface area (Å²) in [6.45, 7) is 2.56. The van der Waals surface area contributed by atoms with Crippen LogP contribution in [0.25, 0.3) is 0 Å². The minimum Gasteiger partial charge on any atom is -0.356 e. The van der Waals surface area contributed by atoms with Gasteiger partial charge in [0.2, 0.25) is 5.91 Å². The van der Waals surface area contributed by atoms with E-state index in [0.29, 0.717) is 13.0 Å². The lowest BCUT2D eigenvalue weighted by atomic mass is 10.1. The van der Waals surface area contributed by atoms with Gasteiger partial charge in [-0.2, -0.15) is 0 Å². The third-order valence-corrected chi connectivity index (χ3v) is 2.89. The molecule has 0 fully saturated rings. The summed E-state index contributed by atoms with van der Waals surface area (Å²) in [4.78, 5) is 11.5. The molecule has 0 bridgehead atoms. The molecule has 0 saturated heterocycles. The number of carbonyl (C=O) groups excluding carboxylic acids is 1. The zero-order chi connectivity index (χ0) is 12.0. The minimum atomic E-state index is 0.0413. The fourth-order valence-corrected chi connectivity index (χ4v) is 1.63. The first-order valence-corrected chi connectivity index (χ1v) is 6.46. The Morgan fingerprint density at radius 1 is 1.44 bits per heavy atom. The molecule has 0 saturated carbocycles. The van der Waals surface area contributed by atoms with Gasteiger partial charge in [-0.1, -0.05) is 28.1 Å². The molecule has 0 aromatic heterocycles. The summed E-state index contributed by atoms with van der Waals surface area (Å²) in [6.07, 6.45) is 1.22. The van der Waals surface area contributed by atoms with E-state index in [1.54, 1.807) is 0 Å². The van der Waals surface area contributed by atoms with Gasteiger partial charge >= 0.3 is 0 Å². The number of amides is 1. The highest BCUT2D eigenvalue weighted by atomic mass is 79.9. The molecule has 0 aliphatic rings. The monoisotopic (exact) mass is 303 g/mol. The van der Waals surface area contributed by atoms with Gasteiger partial charge in [0.25, 0.3) is 0 Å². The van der Waals surface area contributed by atoms with Gasteiger partial charge < -0.3 is 5.32 Å². The average Bonchev–Trinajstić information content (AvgIpc) is 2.21. The summed E-state index contributed by atoms with van der Waals surface area (Å²) in [5, 5.41) is 2.95. The lowest BCUT2D eigenvalue weighted by Gasteiger charge is -2.06. The Balaban J connectivity index is 2.31. The van der Waals surface area contributed by atoms with Crippen molar-refractivity contribution in [2.24, 2.45) is 0 Å². The quantitative estimate of drug-likeness (QED) is 0.832. The largest absolute Gasteiger partial charge is 0.356 e. The predicted octanol–water partition coefficient (Wildman–Crippen LogP) is 3.13. The van der Waals surface area contributed by atoms with Crippen LogP contribution in [-0.4, -0.2) is 17.8 Å². The van der Waals surface area contributed by atoms with Crippen LogP contribution in [0.5, 0.6) is 0 Å². The fourth-order valence-electron chi connectivity index (χ4n) is 1.26. The fraction of sp³-hybridized carbons (Fsp3) is 0.417. The zero-order valence-electron chi connectivity index (χ0n) is 9.17. The number of halogens is 2. The highest BCUT2D eigenvalue weighted by Crippen LogP contribution is 2.10. The molecule has 1 rings (SSSR count). The van der Waals surface area contributed by atoms with Crippen molar-refractivity contribution in [3.05, 3.63) is 34.3 Å². The number of rotatable bonds is 5. The van der Waals surface area contributed by atoms with Crippen molar-refractivity contribution in [3.63, 3.8) is 0 Å². The molecule has 1 aromatic carbocycles. The highest BCUT2D eigenvalue weighted by Gasteiger charge is 2.03. The van der Waals surface area contributed by atoms with E-state index >= 15 is 0 Å². The minimum absolute atomic E-state index is 0.0413. The van der Waals surface area contributed by atoms with Crippen LogP contribution >= 0.6 is 27.5 Å². The summed E-state index contributed by atoms with van der Waals surface area (Å²) in [5.74, 6) is 0.0413. The molecule has 1 N–H and O–H groups in total. The number of benzene rings is 1. The van der Waals surface area contributed by atoms with Crippen molar-refractivity contribution in [3.8, 4) is 0 Å². The average molecular weight is 305 g/mol. The van der Waals surface area contributed by atoms with E-state index in [9.17, 15) is 4.79 Å². The van der Waals surface area contributed by atoms with Crippen molar-refractivity contribution < 1.29 is 4.79 Å². The second-order valence-corrected chi connectivity index (χ2v) is 5.38. The molecule has 0 aliphatic carbocycles. The lowest BCUT2D eigenvalue weighted by Crippen LogP contribution is -2.27. The van der Waals surface area contributed by atoms with Crippen molar-refractivity contribution in [1.82, 2.24) is 5.32 Å². The van der Waals surface area contributed by atoms with Gasteiger partial charge in [-0.15, -0.1) is 11.6 Å². The van der Waals surface area contributed by atoms with Crippen LogP contribution in [0.2, 0.25) is 0 Å². The Kier molecular flexibility index (Phi) is 5.85. The van der Waals surface area contributed by atoms with Crippen molar-refractivity contribution in [2.45, 2.75) is 25.1 Å². The molecule has 16 heavy (non-hydrogen) atoms. The van der Waals surface area contributed by atoms with Crippen molar-refractivity contribution >= 4 is 33.4 Å². The summed E-state index contributed by atoms with van der Waals surface area (Å²) in [7, 11) is 0. The Bertz CT molecular complexity index is 337. The van der Waals surface area contributed by atoms with Crippen LogP contribution in [0.4, 0.5) is 0 Å². The summed E-state index contributed by atoms with van der Waals surface area (Å²) in [5.41, 5.74) is 1.01. The third-order valence-electron chi connectivity index (χ3n) is 2.14. The highest BCUT2D eigenvalue weighted by molar-refractivity contribution is 9.10. The number of nitrogens with one attached hydrogen (secondary N) is 1. The first-order valence-electron chi connectivity index (χ1n) is 5.23. The van der Waals surface area contributed by atoms with Gasteiger partial charge in [-0.05, 0) is 31.0 Å². The number of hydrogen-bond donors (Lipinski definition) is 1. The van der Waals surface area contributed by atoms with Gasteiger partial charge in [-0.3, -0.25) is 4.79 Å². The Morgan fingerprint density at radius 2 is 2.06 bits per heavy atom. The van der Waals surface area contributed by atoms with E-state index < -0.39 is 0 Å². The normalized spacial score (nSPS) is 12.2. The molecule has 1 aromatic rings. The predicted molar refractivity (Wildman–Crippen MR) is 70.8 cm³/mol. The summed E-state index contributed by atoms with van der Waals surface area (Å²) in [6, 6.07) is 7.74. The molecule has 0 radical (unpaired) electrons. The molecule has 0 spiro atoms. The molecular formula is C12H15BrClNO. The van der Waals surface area contributed by atoms with Gasteiger partial charge in [-0.25, -0.2) is 0 Å². The smallest absolute Gasteiger partial charge is 0.224 e. The maximum absolute atomic E-state index is 11.5.